The van der Waals surface area contributed by atoms with Crippen LogP contribution >= 0.6 is 12.2 Å². The van der Waals surface area contributed by atoms with E-state index >= 15 is 0 Å². The number of halogens is 1. The summed E-state index contributed by atoms with van der Waals surface area (Å²) in [6.45, 7) is 6.27. The van der Waals surface area contributed by atoms with Crippen LogP contribution in [-0.2, 0) is 6.61 Å². The average molecular weight is 396 g/mol. The molecule has 144 valence electrons. The summed E-state index contributed by atoms with van der Waals surface area (Å²) in [6.07, 6.45) is 0. The molecule has 2 N–H and O–H groups in total. The topological polar surface area (TPSA) is 57.1 Å². The van der Waals surface area contributed by atoms with E-state index in [1.807, 2.05) is 45.0 Å². The number of nitrogens with zero attached hydrogens (tertiary/aromatic N) is 1. The summed E-state index contributed by atoms with van der Waals surface area (Å²) in [7, 11) is 0. The molecule has 0 saturated heterocycles. The molecular formula is C22H22FN3OS. The Hall–Kier alpha value is -2.91. The Labute approximate surface area is 170 Å². The van der Waals surface area contributed by atoms with Crippen molar-refractivity contribution in [3.8, 4) is 11.8 Å². The summed E-state index contributed by atoms with van der Waals surface area (Å²) in [5, 5.41) is 16.5. The van der Waals surface area contributed by atoms with Gasteiger partial charge < -0.3 is 15.4 Å². The quantitative estimate of drug-likeness (QED) is 0.732. The van der Waals surface area contributed by atoms with Gasteiger partial charge >= 0.3 is 0 Å². The van der Waals surface area contributed by atoms with Crippen molar-refractivity contribution in [2.24, 2.45) is 5.41 Å². The van der Waals surface area contributed by atoms with E-state index in [4.69, 9.17) is 17.0 Å². The van der Waals surface area contributed by atoms with Crippen LogP contribution in [0.15, 0.2) is 59.8 Å². The van der Waals surface area contributed by atoms with Crippen LogP contribution < -0.4 is 15.4 Å². The average Bonchev–Trinajstić information content (AvgIpc) is 2.66. The first kappa shape index (κ1) is 19.8. The molecule has 2 aromatic carbocycles. The van der Waals surface area contributed by atoms with Gasteiger partial charge in [0.2, 0.25) is 0 Å². The maximum atomic E-state index is 13.7. The lowest BCUT2D eigenvalue weighted by Gasteiger charge is -2.34. The second-order valence-electron chi connectivity index (χ2n) is 7.63. The molecule has 0 amide bonds. The van der Waals surface area contributed by atoms with Crippen molar-refractivity contribution in [2.75, 3.05) is 0 Å². The molecule has 0 bridgehead atoms. The summed E-state index contributed by atoms with van der Waals surface area (Å²) in [5.74, 6) is 0.340. The number of nitriles is 1. The standard InChI is InChI=1S/C22H22FN3OS/c1-22(2,3)20-17(12-24)19(25-21(28)26-20)14-8-10-16(11-9-14)27-13-15-6-4-5-7-18(15)23/h4-11,19H,13H2,1-3H3,(H2,25,26,28)/t19-/m0/s1. The number of hydrogen-bond donors (Lipinski definition) is 2. The Balaban J connectivity index is 1.81. The normalized spacial score (nSPS) is 16.8. The van der Waals surface area contributed by atoms with Gasteiger partial charge in [0.1, 0.15) is 18.2 Å². The number of benzene rings is 2. The maximum Gasteiger partial charge on any atom is 0.171 e. The fourth-order valence-corrected chi connectivity index (χ4v) is 3.28. The van der Waals surface area contributed by atoms with Gasteiger partial charge in [0.25, 0.3) is 0 Å². The Kier molecular flexibility index (Phi) is 5.66. The largest absolute Gasteiger partial charge is 0.489 e. The van der Waals surface area contributed by atoms with Crippen LogP contribution in [-0.4, -0.2) is 5.11 Å². The van der Waals surface area contributed by atoms with Crippen LogP contribution in [0.4, 0.5) is 4.39 Å². The third kappa shape index (κ3) is 4.32. The van der Waals surface area contributed by atoms with E-state index in [-0.39, 0.29) is 23.9 Å². The van der Waals surface area contributed by atoms with Gasteiger partial charge in [0.15, 0.2) is 5.11 Å². The van der Waals surface area contributed by atoms with E-state index in [0.29, 0.717) is 22.0 Å². The van der Waals surface area contributed by atoms with Gasteiger partial charge in [-0.15, -0.1) is 0 Å². The van der Waals surface area contributed by atoms with Gasteiger partial charge in [0.05, 0.1) is 17.7 Å². The first-order valence-corrected chi connectivity index (χ1v) is 9.39. The molecule has 28 heavy (non-hydrogen) atoms. The van der Waals surface area contributed by atoms with Gasteiger partial charge in [-0.05, 0) is 36.0 Å². The zero-order valence-electron chi connectivity index (χ0n) is 16.0. The lowest BCUT2D eigenvalue weighted by atomic mass is 9.84. The second-order valence-corrected chi connectivity index (χ2v) is 8.04. The lowest BCUT2D eigenvalue weighted by molar-refractivity contribution is 0.299. The SMILES string of the molecule is CC(C)(C)C1=C(C#N)[C@H](c2ccc(OCc3ccccc3F)cc2)NC(=S)N1. The van der Waals surface area contributed by atoms with Gasteiger partial charge in [-0.3, -0.25) is 0 Å². The van der Waals surface area contributed by atoms with E-state index in [0.717, 1.165) is 11.3 Å². The molecule has 0 aromatic heterocycles. The molecule has 0 radical (unpaired) electrons. The van der Waals surface area contributed by atoms with Gasteiger partial charge in [-0.25, -0.2) is 4.39 Å². The minimum Gasteiger partial charge on any atom is -0.489 e. The highest BCUT2D eigenvalue weighted by Crippen LogP contribution is 2.34. The molecule has 0 unspecified atom stereocenters. The molecule has 1 heterocycles. The zero-order chi connectivity index (χ0) is 20.3. The Bertz CT molecular complexity index is 955. The van der Waals surface area contributed by atoms with Gasteiger partial charge in [0, 0.05) is 16.7 Å². The first-order valence-electron chi connectivity index (χ1n) is 8.98. The van der Waals surface area contributed by atoms with Crippen molar-refractivity contribution in [1.29, 1.82) is 5.26 Å². The lowest BCUT2D eigenvalue weighted by Crippen LogP contribution is -2.46. The van der Waals surface area contributed by atoms with E-state index in [2.05, 4.69) is 16.7 Å². The summed E-state index contributed by atoms with van der Waals surface area (Å²) in [6, 6.07) is 15.9. The summed E-state index contributed by atoms with van der Waals surface area (Å²) in [5.41, 5.74) is 2.60. The number of ether oxygens (including phenoxy) is 1. The summed E-state index contributed by atoms with van der Waals surface area (Å²) < 4.78 is 19.4. The van der Waals surface area contributed by atoms with Crippen molar-refractivity contribution < 1.29 is 9.13 Å². The van der Waals surface area contributed by atoms with Crippen molar-refractivity contribution in [3.63, 3.8) is 0 Å². The van der Waals surface area contributed by atoms with Crippen LogP contribution in [0, 0.1) is 22.6 Å². The number of thiocarbonyl (C=S) groups is 1. The van der Waals surface area contributed by atoms with Crippen LogP contribution in [0.5, 0.6) is 5.75 Å². The van der Waals surface area contributed by atoms with Crippen molar-refractivity contribution in [2.45, 2.75) is 33.4 Å². The van der Waals surface area contributed by atoms with E-state index in [9.17, 15) is 9.65 Å². The van der Waals surface area contributed by atoms with Crippen LogP contribution in [0.25, 0.3) is 0 Å². The molecule has 1 aliphatic rings. The van der Waals surface area contributed by atoms with Crippen LogP contribution in [0.1, 0.15) is 37.9 Å². The molecule has 1 atom stereocenters. The highest BCUT2D eigenvalue weighted by Gasteiger charge is 2.32. The highest BCUT2D eigenvalue weighted by atomic mass is 32.1. The molecule has 0 saturated carbocycles. The van der Waals surface area contributed by atoms with Crippen LogP contribution in [0.3, 0.4) is 0 Å². The second kappa shape index (κ2) is 7.99. The van der Waals surface area contributed by atoms with Gasteiger partial charge in [-0.2, -0.15) is 5.26 Å². The number of hydrogen-bond acceptors (Lipinski definition) is 3. The first-order chi connectivity index (χ1) is 13.3. The third-order valence-electron chi connectivity index (χ3n) is 4.51. The Morgan fingerprint density at radius 3 is 2.43 bits per heavy atom. The van der Waals surface area contributed by atoms with E-state index in [1.54, 1.807) is 18.2 Å². The molecule has 1 aliphatic heterocycles. The fraction of sp³-hybridized carbons (Fsp3) is 0.273. The van der Waals surface area contributed by atoms with Crippen molar-refractivity contribution >= 4 is 17.3 Å². The third-order valence-corrected chi connectivity index (χ3v) is 4.73. The molecule has 4 nitrogen and oxygen atoms in total. The molecule has 3 rings (SSSR count). The monoisotopic (exact) mass is 395 g/mol. The molecule has 0 fully saturated rings. The fourth-order valence-electron chi connectivity index (χ4n) is 3.06. The predicted molar refractivity (Wildman–Crippen MR) is 111 cm³/mol. The zero-order valence-corrected chi connectivity index (χ0v) is 16.9. The molecular weight excluding hydrogens is 373 g/mol. The minimum atomic E-state index is -0.325. The summed E-state index contributed by atoms with van der Waals surface area (Å²) in [4.78, 5) is 0. The van der Waals surface area contributed by atoms with Crippen molar-refractivity contribution in [3.05, 3.63) is 76.7 Å². The molecule has 2 aromatic rings. The maximum absolute atomic E-state index is 13.7. The van der Waals surface area contributed by atoms with Crippen LogP contribution in [0.2, 0.25) is 0 Å². The Morgan fingerprint density at radius 1 is 1.14 bits per heavy atom. The highest BCUT2D eigenvalue weighted by molar-refractivity contribution is 7.80. The minimum absolute atomic E-state index is 0.152. The van der Waals surface area contributed by atoms with E-state index < -0.39 is 0 Å². The Morgan fingerprint density at radius 2 is 1.82 bits per heavy atom. The van der Waals surface area contributed by atoms with Crippen molar-refractivity contribution in [1.82, 2.24) is 10.6 Å². The molecule has 0 spiro atoms. The van der Waals surface area contributed by atoms with Gasteiger partial charge in [-0.1, -0.05) is 51.1 Å². The number of allylic oxidation sites excluding steroid dienone is 1. The molecule has 6 heteroatoms. The number of nitrogens with one attached hydrogen (secondary N) is 2. The number of rotatable bonds is 4. The predicted octanol–water partition coefficient (Wildman–Crippen LogP) is 4.75. The summed E-state index contributed by atoms with van der Waals surface area (Å²) >= 11 is 5.34. The smallest absolute Gasteiger partial charge is 0.171 e. The van der Waals surface area contributed by atoms with E-state index in [1.165, 1.54) is 6.07 Å². The molecule has 0 aliphatic carbocycles.